The topological polar surface area (TPSA) is 52.7 Å². The molecule has 1 aromatic heterocycles. The van der Waals surface area contributed by atoms with E-state index < -0.39 is 0 Å². The first-order valence-electron chi connectivity index (χ1n) is 11.2. The van der Waals surface area contributed by atoms with Gasteiger partial charge in [0.05, 0.1) is 12.6 Å². The van der Waals surface area contributed by atoms with Crippen LogP contribution in [0.5, 0.6) is 5.75 Å². The number of anilines is 2. The van der Waals surface area contributed by atoms with Crippen molar-refractivity contribution in [1.29, 1.82) is 0 Å². The quantitative estimate of drug-likeness (QED) is 0.440. The molecule has 33 heavy (non-hydrogen) atoms. The number of pyridine rings is 1. The first kappa shape index (κ1) is 23.7. The average Bonchev–Trinajstić information content (AvgIpc) is 2.83. The minimum atomic E-state index is 0.562. The maximum absolute atomic E-state index is 5.53. The molecule has 2 aromatic carbocycles. The fourth-order valence-corrected chi connectivity index (χ4v) is 4.74. The lowest BCUT2D eigenvalue weighted by atomic mass is 10.1. The zero-order chi connectivity index (χ0) is 23.4. The molecule has 174 valence electrons. The minimum Gasteiger partial charge on any atom is -0.496 e. The number of methoxy groups -OCH3 is 1. The number of thiocarbonyl (C=S) groups is 1. The van der Waals surface area contributed by atoms with Crippen molar-refractivity contribution in [2.45, 2.75) is 20.4 Å². The van der Waals surface area contributed by atoms with Crippen LogP contribution in [0.4, 0.5) is 11.5 Å². The minimum absolute atomic E-state index is 0.562. The number of aryl methyl sites for hydroxylation is 1. The number of fused-ring (bicyclic) bond motifs is 1. The van der Waals surface area contributed by atoms with E-state index in [4.69, 9.17) is 21.9 Å². The number of benzene rings is 2. The molecule has 1 aliphatic heterocycles. The van der Waals surface area contributed by atoms with E-state index in [1.54, 1.807) is 7.11 Å². The third-order valence-electron chi connectivity index (χ3n) is 6.09. The van der Waals surface area contributed by atoms with Crippen molar-refractivity contribution in [2.24, 2.45) is 0 Å². The summed E-state index contributed by atoms with van der Waals surface area (Å²) in [5, 5.41) is 8.26. The van der Waals surface area contributed by atoms with Gasteiger partial charge in [0.2, 0.25) is 0 Å². The van der Waals surface area contributed by atoms with Crippen LogP contribution >= 0.6 is 28.1 Å². The summed E-state index contributed by atoms with van der Waals surface area (Å²) in [5.74, 6) is 1.89. The van der Waals surface area contributed by atoms with Crippen molar-refractivity contribution in [2.75, 3.05) is 50.1 Å². The number of nitrogens with one attached hydrogen (secondary N) is 2. The molecule has 2 N–H and O–H groups in total. The normalized spacial score (nSPS) is 14.4. The SMILES string of the molecule is CCN1CCN(c2cc(C)c3cc(NC(=S)NCc4cc(Br)ccc4OC)ccc3n2)CC1. The second-order valence-corrected chi connectivity index (χ2v) is 9.54. The van der Waals surface area contributed by atoms with Gasteiger partial charge in [0, 0.05) is 53.8 Å². The van der Waals surface area contributed by atoms with E-state index in [9.17, 15) is 0 Å². The second kappa shape index (κ2) is 10.7. The summed E-state index contributed by atoms with van der Waals surface area (Å²) in [5.41, 5.74) is 4.19. The lowest BCUT2D eigenvalue weighted by molar-refractivity contribution is 0.270. The molecule has 6 nitrogen and oxygen atoms in total. The molecule has 0 spiro atoms. The second-order valence-electron chi connectivity index (χ2n) is 8.21. The summed E-state index contributed by atoms with van der Waals surface area (Å²) < 4.78 is 6.44. The maximum atomic E-state index is 5.53. The van der Waals surface area contributed by atoms with Crippen LogP contribution in [-0.4, -0.2) is 54.8 Å². The summed E-state index contributed by atoms with van der Waals surface area (Å²) in [6, 6.07) is 14.3. The monoisotopic (exact) mass is 527 g/mol. The van der Waals surface area contributed by atoms with Crippen LogP contribution in [-0.2, 0) is 6.54 Å². The van der Waals surface area contributed by atoms with Crippen LogP contribution in [0.1, 0.15) is 18.1 Å². The van der Waals surface area contributed by atoms with Gasteiger partial charge in [-0.2, -0.15) is 0 Å². The number of piperazine rings is 1. The first-order valence-corrected chi connectivity index (χ1v) is 12.4. The van der Waals surface area contributed by atoms with Gasteiger partial charge in [-0.1, -0.05) is 22.9 Å². The third kappa shape index (κ3) is 5.75. The number of aromatic nitrogens is 1. The van der Waals surface area contributed by atoms with Crippen molar-refractivity contribution in [1.82, 2.24) is 15.2 Å². The smallest absolute Gasteiger partial charge is 0.171 e. The molecule has 0 amide bonds. The third-order valence-corrected chi connectivity index (χ3v) is 6.82. The highest BCUT2D eigenvalue weighted by molar-refractivity contribution is 9.10. The number of hydrogen-bond acceptors (Lipinski definition) is 5. The fraction of sp³-hybridized carbons (Fsp3) is 0.360. The van der Waals surface area contributed by atoms with Crippen molar-refractivity contribution < 1.29 is 4.74 Å². The fourth-order valence-electron chi connectivity index (χ4n) is 4.15. The van der Waals surface area contributed by atoms with E-state index in [0.29, 0.717) is 11.7 Å². The molecule has 0 unspecified atom stereocenters. The molecule has 4 rings (SSSR count). The van der Waals surface area contributed by atoms with Gasteiger partial charge in [0.15, 0.2) is 5.11 Å². The van der Waals surface area contributed by atoms with Crippen LogP contribution in [0.15, 0.2) is 46.9 Å². The standard InChI is InChI=1S/C25H30BrN5OS/c1-4-30-9-11-31(12-10-30)24-13-17(2)21-15-20(6-7-22(21)29-24)28-25(33)27-16-18-14-19(26)5-8-23(18)32-3/h5-8,13-15H,4,9-12,16H2,1-3H3,(H2,27,28,33). The van der Waals surface area contributed by atoms with Crippen molar-refractivity contribution in [3.8, 4) is 5.75 Å². The summed E-state index contributed by atoms with van der Waals surface area (Å²) in [6.45, 7) is 10.3. The van der Waals surface area contributed by atoms with Crippen LogP contribution in [0, 0.1) is 6.92 Å². The van der Waals surface area contributed by atoms with Gasteiger partial charge in [0.25, 0.3) is 0 Å². The van der Waals surface area contributed by atoms with E-state index in [1.165, 1.54) is 5.56 Å². The Hall–Kier alpha value is -2.42. The predicted octanol–water partition coefficient (Wildman–Crippen LogP) is 4.94. The molecule has 0 radical (unpaired) electrons. The molecule has 2 heterocycles. The van der Waals surface area contributed by atoms with Gasteiger partial charge in [-0.15, -0.1) is 0 Å². The van der Waals surface area contributed by atoms with Gasteiger partial charge in [0.1, 0.15) is 11.6 Å². The maximum Gasteiger partial charge on any atom is 0.171 e. The predicted molar refractivity (Wildman–Crippen MR) is 145 cm³/mol. The number of nitrogens with zero attached hydrogens (tertiary/aromatic N) is 3. The first-order chi connectivity index (χ1) is 16.0. The van der Waals surface area contributed by atoms with Gasteiger partial charge in [-0.3, -0.25) is 0 Å². The Balaban J connectivity index is 1.43. The van der Waals surface area contributed by atoms with Crippen molar-refractivity contribution in [3.63, 3.8) is 0 Å². The number of ether oxygens (including phenoxy) is 1. The van der Waals surface area contributed by atoms with Crippen LogP contribution in [0.3, 0.4) is 0 Å². The Labute approximate surface area is 209 Å². The van der Waals surface area contributed by atoms with E-state index >= 15 is 0 Å². The largest absolute Gasteiger partial charge is 0.496 e. The van der Waals surface area contributed by atoms with Crippen LogP contribution in [0.25, 0.3) is 10.9 Å². The Kier molecular flexibility index (Phi) is 7.67. The number of halogens is 1. The van der Waals surface area contributed by atoms with E-state index in [0.717, 1.165) is 70.9 Å². The highest BCUT2D eigenvalue weighted by atomic mass is 79.9. The Morgan fingerprint density at radius 2 is 1.91 bits per heavy atom. The van der Waals surface area contributed by atoms with Gasteiger partial charge < -0.3 is 25.2 Å². The molecule has 3 aromatic rings. The molecular formula is C25H30BrN5OS. The van der Waals surface area contributed by atoms with E-state index in [-0.39, 0.29) is 0 Å². The van der Waals surface area contributed by atoms with Crippen molar-refractivity contribution in [3.05, 3.63) is 58.1 Å². The molecule has 8 heteroatoms. The Morgan fingerprint density at radius 3 is 2.64 bits per heavy atom. The molecular weight excluding hydrogens is 498 g/mol. The van der Waals surface area contributed by atoms with E-state index in [2.05, 4.69) is 68.4 Å². The highest BCUT2D eigenvalue weighted by Crippen LogP contribution is 2.26. The van der Waals surface area contributed by atoms with Crippen LogP contribution in [0.2, 0.25) is 0 Å². The molecule has 0 saturated carbocycles. The summed E-state index contributed by atoms with van der Waals surface area (Å²) in [4.78, 5) is 9.81. The molecule has 1 aliphatic rings. The molecule has 0 bridgehead atoms. The summed E-state index contributed by atoms with van der Waals surface area (Å²) >= 11 is 9.04. The lowest BCUT2D eigenvalue weighted by Gasteiger charge is -2.35. The van der Waals surface area contributed by atoms with Crippen molar-refractivity contribution >= 4 is 55.7 Å². The Morgan fingerprint density at radius 1 is 1.12 bits per heavy atom. The van der Waals surface area contributed by atoms with Gasteiger partial charge >= 0.3 is 0 Å². The lowest BCUT2D eigenvalue weighted by Crippen LogP contribution is -2.46. The summed E-state index contributed by atoms with van der Waals surface area (Å²) in [6.07, 6.45) is 0. The average molecular weight is 529 g/mol. The number of rotatable bonds is 6. The zero-order valence-electron chi connectivity index (χ0n) is 19.3. The van der Waals surface area contributed by atoms with Crippen LogP contribution < -0.4 is 20.3 Å². The van der Waals surface area contributed by atoms with Gasteiger partial charge in [-0.25, -0.2) is 4.98 Å². The van der Waals surface area contributed by atoms with E-state index in [1.807, 2.05) is 24.3 Å². The molecule has 0 atom stereocenters. The molecule has 1 saturated heterocycles. The van der Waals surface area contributed by atoms with Gasteiger partial charge in [-0.05, 0) is 73.7 Å². The number of hydrogen-bond donors (Lipinski definition) is 2. The zero-order valence-corrected chi connectivity index (χ0v) is 21.7. The summed E-state index contributed by atoms with van der Waals surface area (Å²) in [7, 11) is 1.67. The highest BCUT2D eigenvalue weighted by Gasteiger charge is 2.18. The molecule has 1 fully saturated rings. The number of likely N-dealkylation sites (N-methyl/N-ethyl adjacent to an activating group) is 1. The Bertz CT molecular complexity index is 1150. The molecule has 0 aliphatic carbocycles.